The molecule has 0 atom stereocenters. The SMILES string of the molecule is [CH2]c1nn(Cc2ccc(C#N)cc2)cc1N. The Morgan fingerprint density at radius 2 is 2.06 bits per heavy atom. The van der Waals surface area contributed by atoms with Gasteiger partial charge in [0.25, 0.3) is 0 Å². The van der Waals surface area contributed by atoms with Crippen molar-refractivity contribution < 1.29 is 0 Å². The van der Waals surface area contributed by atoms with Gasteiger partial charge in [-0.15, -0.1) is 0 Å². The van der Waals surface area contributed by atoms with Crippen LogP contribution in [0.2, 0.25) is 0 Å². The molecule has 0 unspecified atom stereocenters. The van der Waals surface area contributed by atoms with Crippen LogP contribution >= 0.6 is 0 Å². The molecule has 4 heteroatoms. The molecule has 0 aliphatic rings. The molecule has 16 heavy (non-hydrogen) atoms. The van der Waals surface area contributed by atoms with E-state index >= 15 is 0 Å². The van der Waals surface area contributed by atoms with Gasteiger partial charge < -0.3 is 5.73 Å². The zero-order valence-electron chi connectivity index (χ0n) is 8.72. The smallest absolute Gasteiger partial charge is 0.0991 e. The third-order valence-corrected chi connectivity index (χ3v) is 2.30. The number of nitrogens with two attached hydrogens (primary N) is 1. The first-order valence-corrected chi connectivity index (χ1v) is 4.83. The molecule has 1 heterocycles. The van der Waals surface area contributed by atoms with Crippen LogP contribution in [-0.4, -0.2) is 9.78 Å². The van der Waals surface area contributed by atoms with Gasteiger partial charge in [-0.2, -0.15) is 10.4 Å². The molecule has 0 aliphatic carbocycles. The third-order valence-electron chi connectivity index (χ3n) is 2.30. The average Bonchev–Trinajstić information content (AvgIpc) is 2.59. The van der Waals surface area contributed by atoms with Crippen LogP contribution in [-0.2, 0) is 6.54 Å². The highest BCUT2D eigenvalue weighted by Gasteiger charge is 2.01. The Hall–Kier alpha value is -2.28. The summed E-state index contributed by atoms with van der Waals surface area (Å²) >= 11 is 0. The lowest BCUT2D eigenvalue weighted by molar-refractivity contribution is 0.683. The van der Waals surface area contributed by atoms with E-state index in [0.29, 0.717) is 23.5 Å². The molecule has 2 aromatic rings. The van der Waals surface area contributed by atoms with E-state index < -0.39 is 0 Å². The first-order valence-electron chi connectivity index (χ1n) is 4.83. The molecule has 0 saturated carbocycles. The molecule has 2 N–H and O–H groups in total. The van der Waals surface area contributed by atoms with Gasteiger partial charge in [-0.3, -0.25) is 4.68 Å². The van der Waals surface area contributed by atoms with E-state index in [-0.39, 0.29) is 0 Å². The fraction of sp³-hybridized carbons (Fsp3) is 0.0833. The normalized spacial score (nSPS) is 10.0. The Bertz CT molecular complexity index is 512. The van der Waals surface area contributed by atoms with Crippen molar-refractivity contribution in [3.8, 4) is 6.07 Å². The highest BCUT2D eigenvalue weighted by Crippen LogP contribution is 2.10. The number of anilines is 1. The summed E-state index contributed by atoms with van der Waals surface area (Å²) in [4.78, 5) is 0. The van der Waals surface area contributed by atoms with Gasteiger partial charge in [0.15, 0.2) is 0 Å². The molecule has 1 radical (unpaired) electrons. The van der Waals surface area contributed by atoms with Crippen molar-refractivity contribution in [3.63, 3.8) is 0 Å². The molecule has 1 aromatic heterocycles. The lowest BCUT2D eigenvalue weighted by Gasteiger charge is -2.01. The second kappa shape index (κ2) is 4.07. The Kier molecular flexibility index (Phi) is 2.61. The summed E-state index contributed by atoms with van der Waals surface area (Å²) < 4.78 is 1.74. The van der Waals surface area contributed by atoms with Crippen molar-refractivity contribution in [3.05, 3.63) is 54.2 Å². The Morgan fingerprint density at radius 1 is 1.38 bits per heavy atom. The van der Waals surface area contributed by atoms with E-state index in [1.165, 1.54) is 0 Å². The minimum absolute atomic E-state index is 0.591. The average molecular weight is 211 g/mol. The Balaban J connectivity index is 2.18. The fourth-order valence-corrected chi connectivity index (χ4v) is 1.43. The molecule has 79 valence electrons. The molecular weight excluding hydrogens is 200 g/mol. The standard InChI is InChI=1S/C12H11N4/c1-9-12(14)8-16(15-9)7-11-4-2-10(6-13)3-5-11/h2-5,8H,1,7,14H2. The monoisotopic (exact) mass is 211 g/mol. The Labute approximate surface area is 93.9 Å². The maximum Gasteiger partial charge on any atom is 0.0991 e. The number of nitrogens with zero attached hydrogens (tertiary/aromatic N) is 3. The number of benzene rings is 1. The van der Waals surface area contributed by atoms with Crippen LogP contribution in [0.15, 0.2) is 30.5 Å². The van der Waals surface area contributed by atoms with Crippen LogP contribution in [0, 0.1) is 18.3 Å². The van der Waals surface area contributed by atoms with Gasteiger partial charge in [0.1, 0.15) is 0 Å². The molecule has 0 bridgehead atoms. The number of aromatic nitrogens is 2. The van der Waals surface area contributed by atoms with Crippen molar-refractivity contribution in [1.29, 1.82) is 5.26 Å². The molecule has 1 aromatic carbocycles. The molecule has 0 spiro atoms. The summed E-state index contributed by atoms with van der Waals surface area (Å²) in [5, 5.41) is 12.8. The van der Waals surface area contributed by atoms with Crippen LogP contribution in [0.3, 0.4) is 0 Å². The molecule has 0 fully saturated rings. The van der Waals surface area contributed by atoms with Gasteiger partial charge in [-0.25, -0.2) is 0 Å². The molecule has 0 saturated heterocycles. The number of hydrogen-bond donors (Lipinski definition) is 1. The van der Waals surface area contributed by atoms with Crippen molar-refractivity contribution in [1.82, 2.24) is 9.78 Å². The number of rotatable bonds is 2. The van der Waals surface area contributed by atoms with E-state index in [4.69, 9.17) is 11.0 Å². The van der Waals surface area contributed by atoms with Crippen LogP contribution in [0.4, 0.5) is 5.69 Å². The van der Waals surface area contributed by atoms with Gasteiger partial charge >= 0.3 is 0 Å². The molecule has 0 amide bonds. The largest absolute Gasteiger partial charge is 0.396 e. The number of nitriles is 1. The Morgan fingerprint density at radius 3 is 2.56 bits per heavy atom. The first kappa shape index (κ1) is 10.2. The molecular formula is C12H11N4. The number of hydrogen-bond acceptors (Lipinski definition) is 3. The summed E-state index contributed by atoms with van der Waals surface area (Å²) in [6, 6.07) is 9.45. The van der Waals surface area contributed by atoms with Crippen molar-refractivity contribution in [2.24, 2.45) is 0 Å². The summed E-state index contributed by atoms with van der Waals surface area (Å²) in [5.41, 5.74) is 8.56. The lowest BCUT2D eigenvalue weighted by Crippen LogP contribution is -2.00. The quantitative estimate of drug-likeness (QED) is 0.819. The summed E-state index contributed by atoms with van der Waals surface area (Å²) in [6.07, 6.45) is 1.75. The summed E-state index contributed by atoms with van der Waals surface area (Å²) in [7, 11) is 0. The third kappa shape index (κ3) is 2.04. The van der Waals surface area contributed by atoms with Crippen molar-refractivity contribution in [2.45, 2.75) is 6.54 Å². The van der Waals surface area contributed by atoms with E-state index in [1.54, 1.807) is 23.0 Å². The molecule has 2 rings (SSSR count). The highest BCUT2D eigenvalue weighted by molar-refractivity contribution is 5.42. The second-order valence-corrected chi connectivity index (χ2v) is 3.54. The maximum atomic E-state index is 8.67. The minimum atomic E-state index is 0.591. The van der Waals surface area contributed by atoms with E-state index in [2.05, 4.69) is 18.1 Å². The summed E-state index contributed by atoms with van der Waals surface area (Å²) in [5.74, 6) is 0. The van der Waals surface area contributed by atoms with Crippen LogP contribution < -0.4 is 5.73 Å². The second-order valence-electron chi connectivity index (χ2n) is 3.54. The molecule has 4 nitrogen and oxygen atoms in total. The van der Waals surface area contributed by atoms with Gasteiger partial charge in [0, 0.05) is 6.20 Å². The molecule has 0 aliphatic heterocycles. The minimum Gasteiger partial charge on any atom is -0.396 e. The predicted molar refractivity (Wildman–Crippen MR) is 61.4 cm³/mol. The first-order chi connectivity index (χ1) is 7.69. The summed E-state index contributed by atoms with van der Waals surface area (Å²) in [6.45, 7) is 4.34. The zero-order valence-corrected chi connectivity index (χ0v) is 8.72. The van der Waals surface area contributed by atoms with Gasteiger partial charge in [0.2, 0.25) is 0 Å². The van der Waals surface area contributed by atoms with Gasteiger partial charge in [-0.1, -0.05) is 12.1 Å². The van der Waals surface area contributed by atoms with Crippen LogP contribution in [0.25, 0.3) is 0 Å². The topological polar surface area (TPSA) is 67.6 Å². The lowest BCUT2D eigenvalue weighted by atomic mass is 10.1. The van der Waals surface area contributed by atoms with Gasteiger partial charge in [0.05, 0.1) is 29.6 Å². The van der Waals surface area contributed by atoms with E-state index in [0.717, 1.165) is 5.56 Å². The zero-order chi connectivity index (χ0) is 11.5. The number of nitrogen functional groups attached to an aromatic ring is 1. The highest BCUT2D eigenvalue weighted by atomic mass is 15.3. The van der Waals surface area contributed by atoms with E-state index in [9.17, 15) is 0 Å². The van der Waals surface area contributed by atoms with Crippen molar-refractivity contribution >= 4 is 5.69 Å². The maximum absolute atomic E-state index is 8.67. The fourth-order valence-electron chi connectivity index (χ4n) is 1.43. The van der Waals surface area contributed by atoms with Crippen molar-refractivity contribution in [2.75, 3.05) is 5.73 Å². The van der Waals surface area contributed by atoms with Crippen LogP contribution in [0.1, 0.15) is 16.8 Å². The van der Waals surface area contributed by atoms with Gasteiger partial charge in [-0.05, 0) is 24.6 Å². The van der Waals surface area contributed by atoms with E-state index in [1.807, 2.05) is 12.1 Å². The predicted octanol–water partition coefficient (Wildman–Crippen LogP) is 1.57. The van der Waals surface area contributed by atoms with Crippen LogP contribution in [0.5, 0.6) is 0 Å².